The number of hydrogen-bond acceptors (Lipinski definition) is 5. The van der Waals surface area contributed by atoms with Gasteiger partial charge in [0.25, 0.3) is 0 Å². The van der Waals surface area contributed by atoms with Crippen molar-refractivity contribution in [3.05, 3.63) is 0 Å². The van der Waals surface area contributed by atoms with Crippen LogP contribution in [0.5, 0.6) is 0 Å². The van der Waals surface area contributed by atoms with Crippen LogP contribution < -0.4 is 0 Å². The molecule has 98 valence electrons. The number of ketones is 1. The van der Waals surface area contributed by atoms with E-state index in [9.17, 15) is 9.59 Å². The van der Waals surface area contributed by atoms with E-state index in [0.29, 0.717) is 19.0 Å². The number of esters is 1. The first-order valence-corrected chi connectivity index (χ1v) is 6.94. The molecule has 17 heavy (non-hydrogen) atoms. The van der Waals surface area contributed by atoms with Crippen molar-refractivity contribution >= 4 is 23.5 Å². The summed E-state index contributed by atoms with van der Waals surface area (Å²) in [5.41, 5.74) is -0.457. The van der Waals surface area contributed by atoms with Crippen LogP contribution in [0, 0.1) is 5.92 Å². The fraction of sp³-hybridized carbons (Fsp3) is 0.833. The van der Waals surface area contributed by atoms with Gasteiger partial charge >= 0.3 is 5.97 Å². The van der Waals surface area contributed by atoms with E-state index in [1.807, 2.05) is 20.8 Å². The molecule has 1 rings (SSSR count). The quantitative estimate of drug-likeness (QED) is 0.704. The number of carbonyl (C=O) groups is 2. The zero-order chi connectivity index (χ0) is 12.9. The second-order valence-corrected chi connectivity index (χ2v) is 6.09. The van der Waals surface area contributed by atoms with Gasteiger partial charge in [0.2, 0.25) is 0 Å². The molecular formula is C12H20O4S. The largest absolute Gasteiger partial charge is 0.459 e. The number of thioether (sulfide) groups is 1. The Labute approximate surface area is 106 Å². The molecule has 4 nitrogen and oxygen atoms in total. The lowest BCUT2D eigenvalue weighted by atomic mass is 10.1. The van der Waals surface area contributed by atoms with Crippen LogP contribution in [-0.4, -0.2) is 42.1 Å². The molecule has 1 aliphatic heterocycles. The summed E-state index contributed by atoms with van der Waals surface area (Å²) in [4.78, 5) is 23.0. The molecule has 1 saturated heterocycles. The lowest BCUT2D eigenvalue weighted by Crippen LogP contribution is -2.25. The Balaban J connectivity index is 2.14. The maximum Gasteiger partial charge on any atom is 0.316 e. The van der Waals surface area contributed by atoms with E-state index in [1.54, 1.807) is 0 Å². The number of hydrogen-bond donors (Lipinski definition) is 0. The molecule has 1 unspecified atom stereocenters. The predicted octanol–water partition coefficient (Wildman–Crippen LogP) is 1.67. The standard InChI is InChI=1S/C12H20O4S/c1-12(2,3)16-11(14)8-17-7-10(13)9-4-5-15-6-9/h9H,4-8H2,1-3H3. The first-order valence-electron chi connectivity index (χ1n) is 5.78. The second kappa shape index (κ2) is 6.40. The molecule has 0 aromatic rings. The van der Waals surface area contributed by atoms with Crippen LogP contribution in [0.1, 0.15) is 27.2 Å². The van der Waals surface area contributed by atoms with Gasteiger partial charge in [-0.2, -0.15) is 0 Å². The van der Waals surface area contributed by atoms with E-state index >= 15 is 0 Å². The maximum absolute atomic E-state index is 11.7. The lowest BCUT2D eigenvalue weighted by Gasteiger charge is -2.19. The highest BCUT2D eigenvalue weighted by Crippen LogP contribution is 2.16. The van der Waals surface area contributed by atoms with Crippen LogP contribution in [0.4, 0.5) is 0 Å². The highest BCUT2D eigenvalue weighted by atomic mass is 32.2. The fourth-order valence-electron chi connectivity index (χ4n) is 1.51. The summed E-state index contributed by atoms with van der Waals surface area (Å²) >= 11 is 1.32. The van der Waals surface area contributed by atoms with Crippen LogP contribution in [0.15, 0.2) is 0 Å². The molecule has 0 spiro atoms. The summed E-state index contributed by atoms with van der Waals surface area (Å²) in [6, 6.07) is 0. The Hall–Kier alpha value is -0.550. The van der Waals surface area contributed by atoms with Crippen molar-refractivity contribution in [1.82, 2.24) is 0 Å². The average molecular weight is 260 g/mol. The molecule has 0 aromatic carbocycles. The SMILES string of the molecule is CC(C)(C)OC(=O)CSCC(=O)C1CCOC1. The first-order chi connectivity index (χ1) is 7.88. The third-order valence-corrected chi connectivity index (χ3v) is 3.20. The second-order valence-electron chi connectivity index (χ2n) is 5.11. The van der Waals surface area contributed by atoms with Crippen molar-refractivity contribution in [1.29, 1.82) is 0 Å². The lowest BCUT2D eigenvalue weighted by molar-refractivity contribution is -0.151. The van der Waals surface area contributed by atoms with Gasteiger partial charge in [-0.25, -0.2) is 0 Å². The van der Waals surface area contributed by atoms with Crippen molar-refractivity contribution < 1.29 is 19.1 Å². The minimum Gasteiger partial charge on any atom is -0.459 e. The van der Waals surface area contributed by atoms with Gasteiger partial charge in [0.1, 0.15) is 11.4 Å². The van der Waals surface area contributed by atoms with Gasteiger partial charge in [0, 0.05) is 12.5 Å². The Kier molecular flexibility index (Phi) is 5.46. The number of ether oxygens (including phenoxy) is 2. The summed E-state index contributed by atoms with van der Waals surface area (Å²) in [6.07, 6.45) is 0.811. The minimum atomic E-state index is -0.457. The summed E-state index contributed by atoms with van der Waals surface area (Å²) in [7, 11) is 0. The Morgan fingerprint density at radius 3 is 2.59 bits per heavy atom. The summed E-state index contributed by atoms with van der Waals surface area (Å²) in [5, 5.41) is 0. The number of carbonyl (C=O) groups excluding carboxylic acids is 2. The molecule has 0 bridgehead atoms. The summed E-state index contributed by atoms with van der Waals surface area (Å²) in [5.74, 6) is 0.541. The fourth-order valence-corrected chi connectivity index (χ4v) is 2.28. The molecule has 1 atom stereocenters. The van der Waals surface area contributed by atoms with Crippen molar-refractivity contribution in [2.75, 3.05) is 24.7 Å². The zero-order valence-electron chi connectivity index (χ0n) is 10.7. The van der Waals surface area contributed by atoms with E-state index in [2.05, 4.69) is 0 Å². The third-order valence-electron chi connectivity index (χ3n) is 2.27. The molecule has 0 amide bonds. The molecule has 0 radical (unpaired) electrons. The van der Waals surface area contributed by atoms with Gasteiger partial charge in [-0.05, 0) is 27.2 Å². The Bertz CT molecular complexity index is 277. The van der Waals surface area contributed by atoms with Gasteiger partial charge in [0.05, 0.1) is 18.1 Å². The van der Waals surface area contributed by atoms with Gasteiger partial charge in [0.15, 0.2) is 0 Å². The van der Waals surface area contributed by atoms with Crippen LogP contribution in [0.3, 0.4) is 0 Å². The van der Waals surface area contributed by atoms with Crippen LogP contribution in [0.25, 0.3) is 0 Å². The van der Waals surface area contributed by atoms with E-state index in [0.717, 1.165) is 6.42 Å². The van der Waals surface area contributed by atoms with Gasteiger partial charge in [-0.15, -0.1) is 11.8 Å². The average Bonchev–Trinajstić information content (AvgIpc) is 2.66. The Morgan fingerprint density at radius 1 is 1.35 bits per heavy atom. The molecule has 1 heterocycles. The summed E-state index contributed by atoms with van der Waals surface area (Å²) in [6.45, 7) is 6.70. The zero-order valence-corrected chi connectivity index (χ0v) is 11.5. The monoisotopic (exact) mass is 260 g/mol. The van der Waals surface area contributed by atoms with Crippen LogP contribution in [-0.2, 0) is 19.1 Å². The van der Waals surface area contributed by atoms with Gasteiger partial charge in [-0.1, -0.05) is 0 Å². The van der Waals surface area contributed by atoms with Crippen molar-refractivity contribution in [2.45, 2.75) is 32.8 Å². The highest BCUT2D eigenvalue weighted by Gasteiger charge is 2.23. The van der Waals surface area contributed by atoms with Gasteiger partial charge in [-0.3, -0.25) is 9.59 Å². The molecule has 5 heteroatoms. The molecule has 0 aromatic heterocycles. The van der Waals surface area contributed by atoms with Gasteiger partial charge < -0.3 is 9.47 Å². The molecular weight excluding hydrogens is 240 g/mol. The van der Waals surface area contributed by atoms with Crippen LogP contribution in [0.2, 0.25) is 0 Å². The maximum atomic E-state index is 11.7. The number of Topliss-reactive ketones (excluding diaryl/α,β-unsaturated/α-hetero) is 1. The molecule has 1 aliphatic rings. The molecule has 0 aliphatic carbocycles. The van der Waals surface area contributed by atoms with E-state index in [-0.39, 0.29) is 23.4 Å². The third kappa shape index (κ3) is 6.07. The topological polar surface area (TPSA) is 52.6 Å². The van der Waals surface area contributed by atoms with Crippen molar-refractivity contribution in [3.8, 4) is 0 Å². The Morgan fingerprint density at radius 2 is 2.06 bits per heavy atom. The smallest absolute Gasteiger partial charge is 0.316 e. The van der Waals surface area contributed by atoms with E-state index < -0.39 is 5.60 Å². The van der Waals surface area contributed by atoms with E-state index in [1.165, 1.54) is 11.8 Å². The van der Waals surface area contributed by atoms with E-state index in [4.69, 9.17) is 9.47 Å². The summed E-state index contributed by atoms with van der Waals surface area (Å²) < 4.78 is 10.3. The normalized spacial score (nSPS) is 20.3. The molecule has 0 N–H and O–H groups in total. The first kappa shape index (κ1) is 14.5. The molecule has 1 fully saturated rings. The van der Waals surface area contributed by atoms with Crippen LogP contribution >= 0.6 is 11.8 Å². The van der Waals surface area contributed by atoms with Crippen molar-refractivity contribution in [3.63, 3.8) is 0 Å². The minimum absolute atomic E-state index is 0.0288. The number of rotatable bonds is 5. The molecule has 0 saturated carbocycles. The predicted molar refractivity (Wildman–Crippen MR) is 67.1 cm³/mol. The van der Waals surface area contributed by atoms with Crippen molar-refractivity contribution in [2.24, 2.45) is 5.92 Å². The highest BCUT2D eigenvalue weighted by molar-refractivity contribution is 8.00.